The lowest BCUT2D eigenvalue weighted by molar-refractivity contribution is 0.160. The normalized spacial score (nSPS) is 26.0. The Bertz CT molecular complexity index is 641. The van der Waals surface area contributed by atoms with Crippen LogP contribution in [0.15, 0.2) is 23.4 Å². The van der Waals surface area contributed by atoms with Gasteiger partial charge >= 0.3 is 0 Å². The second-order valence-electron chi connectivity index (χ2n) is 7.44. The standard InChI is InChI=1S/C16H24N2O3S/c1-15(2,3)22(19,20)14-5-4-13(10-17-14)18-8-6-16(11-18)7-9-21-12-16/h4-5,10H,6-9,11-12H2,1-3H3/t16-/m1/s1. The topological polar surface area (TPSA) is 59.5 Å². The highest BCUT2D eigenvalue weighted by Crippen LogP contribution is 2.40. The lowest BCUT2D eigenvalue weighted by Gasteiger charge is -2.23. The van der Waals surface area contributed by atoms with Gasteiger partial charge in [-0.05, 0) is 45.7 Å². The smallest absolute Gasteiger partial charge is 0.200 e. The Balaban J connectivity index is 1.78. The first-order valence-corrected chi connectivity index (χ1v) is 9.25. The van der Waals surface area contributed by atoms with E-state index in [-0.39, 0.29) is 10.4 Å². The fourth-order valence-electron chi connectivity index (χ4n) is 3.16. The summed E-state index contributed by atoms with van der Waals surface area (Å²) in [6.07, 6.45) is 3.94. The van der Waals surface area contributed by atoms with Gasteiger partial charge in [0.1, 0.15) is 0 Å². The Labute approximate surface area is 132 Å². The Hall–Kier alpha value is -1.14. The van der Waals surface area contributed by atoms with E-state index in [2.05, 4.69) is 9.88 Å². The molecule has 0 saturated carbocycles. The summed E-state index contributed by atoms with van der Waals surface area (Å²) in [5.74, 6) is 0. The lowest BCUT2D eigenvalue weighted by Crippen LogP contribution is -2.29. The van der Waals surface area contributed by atoms with Crippen LogP contribution in [0.3, 0.4) is 0 Å². The molecule has 0 radical (unpaired) electrons. The van der Waals surface area contributed by atoms with Crippen molar-refractivity contribution in [3.63, 3.8) is 0 Å². The molecule has 1 atom stereocenters. The van der Waals surface area contributed by atoms with Crippen LogP contribution in [0, 0.1) is 5.41 Å². The Kier molecular flexibility index (Phi) is 3.72. The molecule has 1 aromatic heterocycles. The average Bonchev–Trinajstić information content (AvgIpc) is 3.09. The van der Waals surface area contributed by atoms with Gasteiger partial charge in [0.05, 0.1) is 23.2 Å². The molecule has 0 amide bonds. The quantitative estimate of drug-likeness (QED) is 0.835. The first-order chi connectivity index (χ1) is 10.2. The van der Waals surface area contributed by atoms with Crippen molar-refractivity contribution in [1.29, 1.82) is 0 Å². The molecule has 0 bridgehead atoms. The fourth-order valence-corrected chi connectivity index (χ4v) is 4.23. The Morgan fingerprint density at radius 3 is 2.59 bits per heavy atom. The van der Waals surface area contributed by atoms with Gasteiger partial charge in [0.2, 0.25) is 0 Å². The van der Waals surface area contributed by atoms with E-state index in [1.165, 1.54) is 0 Å². The number of hydrogen-bond acceptors (Lipinski definition) is 5. The van der Waals surface area contributed by atoms with Crippen LogP contribution in [-0.2, 0) is 14.6 Å². The summed E-state index contributed by atoms with van der Waals surface area (Å²) < 4.78 is 29.5. The molecule has 3 rings (SSSR count). The van der Waals surface area contributed by atoms with E-state index >= 15 is 0 Å². The third kappa shape index (κ3) is 2.63. The molecule has 22 heavy (non-hydrogen) atoms. The highest BCUT2D eigenvalue weighted by molar-refractivity contribution is 7.92. The first-order valence-electron chi connectivity index (χ1n) is 7.77. The monoisotopic (exact) mass is 324 g/mol. The van der Waals surface area contributed by atoms with Gasteiger partial charge in [0, 0.05) is 25.1 Å². The second-order valence-corrected chi connectivity index (χ2v) is 10.1. The van der Waals surface area contributed by atoms with Crippen molar-refractivity contribution >= 4 is 15.5 Å². The molecule has 2 saturated heterocycles. The highest BCUT2D eigenvalue weighted by Gasteiger charge is 2.41. The molecule has 0 unspecified atom stereocenters. The zero-order valence-electron chi connectivity index (χ0n) is 13.5. The minimum Gasteiger partial charge on any atom is -0.381 e. The van der Waals surface area contributed by atoms with Gasteiger partial charge in [0.25, 0.3) is 0 Å². The van der Waals surface area contributed by atoms with Crippen molar-refractivity contribution < 1.29 is 13.2 Å². The maximum Gasteiger partial charge on any atom is 0.200 e. The molecule has 2 aliphatic rings. The Morgan fingerprint density at radius 1 is 1.27 bits per heavy atom. The second kappa shape index (κ2) is 5.20. The van der Waals surface area contributed by atoms with Crippen LogP contribution in [0.25, 0.3) is 0 Å². The lowest BCUT2D eigenvalue weighted by atomic mass is 9.87. The number of aromatic nitrogens is 1. The molecule has 0 N–H and O–H groups in total. The maximum absolute atomic E-state index is 12.4. The van der Waals surface area contributed by atoms with Gasteiger partial charge < -0.3 is 9.64 Å². The largest absolute Gasteiger partial charge is 0.381 e. The summed E-state index contributed by atoms with van der Waals surface area (Å²) >= 11 is 0. The summed E-state index contributed by atoms with van der Waals surface area (Å²) in [5, 5.41) is 0.154. The molecule has 2 fully saturated rings. The van der Waals surface area contributed by atoms with Crippen molar-refractivity contribution in [2.75, 3.05) is 31.2 Å². The summed E-state index contributed by atoms with van der Waals surface area (Å²) in [5.41, 5.74) is 1.28. The van der Waals surface area contributed by atoms with E-state index in [1.54, 1.807) is 33.0 Å². The molecule has 2 aliphatic heterocycles. The molecule has 6 heteroatoms. The third-order valence-electron chi connectivity index (χ3n) is 4.79. The van der Waals surface area contributed by atoms with Crippen LogP contribution in [0.2, 0.25) is 0 Å². The first kappa shape index (κ1) is 15.7. The van der Waals surface area contributed by atoms with Crippen molar-refractivity contribution in [2.45, 2.75) is 43.4 Å². The molecular weight excluding hydrogens is 300 g/mol. The molecule has 122 valence electrons. The van der Waals surface area contributed by atoms with Crippen LogP contribution in [-0.4, -0.2) is 44.5 Å². The maximum atomic E-state index is 12.4. The molecule has 3 heterocycles. The summed E-state index contributed by atoms with van der Waals surface area (Å²) in [7, 11) is -3.39. The molecule has 1 aromatic rings. The van der Waals surface area contributed by atoms with E-state index in [0.717, 1.165) is 44.8 Å². The van der Waals surface area contributed by atoms with Crippen molar-refractivity contribution in [2.24, 2.45) is 5.41 Å². The fraction of sp³-hybridized carbons (Fsp3) is 0.688. The zero-order valence-corrected chi connectivity index (χ0v) is 14.3. The predicted octanol–water partition coefficient (Wildman–Crippen LogP) is 2.27. The van der Waals surface area contributed by atoms with Gasteiger partial charge in [-0.15, -0.1) is 0 Å². The molecule has 0 aliphatic carbocycles. The average molecular weight is 324 g/mol. The molecule has 0 aromatic carbocycles. The van der Waals surface area contributed by atoms with Crippen LogP contribution in [0.1, 0.15) is 33.6 Å². The third-order valence-corrected chi connectivity index (χ3v) is 7.20. The number of sulfone groups is 1. The number of anilines is 1. The van der Waals surface area contributed by atoms with E-state index < -0.39 is 14.6 Å². The predicted molar refractivity (Wildman–Crippen MR) is 85.9 cm³/mol. The number of nitrogens with zero attached hydrogens (tertiary/aromatic N) is 2. The number of ether oxygens (including phenoxy) is 1. The number of hydrogen-bond donors (Lipinski definition) is 0. The minimum absolute atomic E-state index is 0.154. The minimum atomic E-state index is -3.39. The summed E-state index contributed by atoms with van der Waals surface area (Å²) in [6.45, 7) is 8.74. The molecular formula is C16H24N2O3S. The zero-order chi connectivity index (χ0) is 16.0. The van der Waals surface area contributed by atoms with E-state index in [9.17, 15) is 8.42 Å². The highest BCUT2D eigenvalue weighted by atomic mass is 32.2. The van der Waals surface area contributed by atoms with Gasteiger partial charge in [-0.1, -0.05) is 0 Å². The van der Waals surface area contributed by atoms with Crippen LogP contribution < -0.4 is 4.90 Å². The van der Waals surface area contributed by atoms with Crippen molar-refractivity contribution in [1.82, 2.24) is 4.98 Å². The van der Waals surface area contributed by atoms with Crippen LogP contribution in [0.4, 0.5) is 5.69 Å². The molecule has 1 spiro atoms. The van der Waals surface area contributed by atoms with Gasteiger partial charge in [-0.25, -0.2) is 13.4 Å². The summed E-state index contributed by atoms with van der Waals surface area (Å²) in [4.78, 5) is 6.50. The van der Waals surface area contributed by atoms with Gasteiger partial charge in [-0.2, -0.15) is 0 Å². The Morgan fingerprint density at radius 2 is 2.05 bits per heavy atom. The van der Waals surface area contributed by atoms with E-state index in [4.69, 9.17) is 4.74 Å². The number of rotatable bonds is 2. The van der Waals surface area contributed by atoms with Crippen LogP contribution >= 0.6 is 0 Å². The van der Waals surface area contributed by atoms with E-state index in [1.807, 2.05) is 6.07 Å². The van der Waals surface area contributed by atoms with E-state index in [0.29, 0.717) is 0 Å². The van der Waals surface area contributed by atoms with Crippen molar-refractivity contribution in [3.05, 3.63) is 18.3 Å². The van der Waals surface area contributed by atoms with Gasteiger partial charge in [-0.3, -0.25) is 0 Å². The SMILES string of the molecule is CC(C)(C)S(=O)(=O)c1ccc(N2CC[C@@]3(CCOC3)C2)cn1. The molecule has 5 nitrogen and oxygen atoms in total. The van der Waals surface area contributed by atoms with Crippen molar-refractivity contribution in [3.8, 4) is 0 Å². The van der Waals surface area contributed by atoms with Crippen LogP contribution in [0.5, 0.6) is 0 Å². The van der Waals surface area contributed by atoms with Gasteiger partial charge in [0.15, 0.2) is 14.9 Å². The number of pyridine rings is 1. The summed E-state index contributed by atoms with van der Waals surface area (Å²) in [6, 6.07) is 3.51.